The van der Waals surface area contributed by atoms with Crippen molar-refractivity contribution in [3.05, 3.63) is 29.8 Å². The van der Waals surface area contributed by atoms with Gasteiger partial charge in [-0.25, -0.2) is 0 Å². The number of amides is 4. The van der Waals surface area contributed by atoms with Crippen molar-refractivity contribution < 1.29 is 54.0 Å². The number of carbonyl (C=O) groups is 7. The van der Waals surface area contributed by atoms with Crippen molar-refractivity contribution in [3.63, 3.8) is 0 Å². The van der Waals surface area contributed by atoms with Crippen LogP contribution in [0.4, 0.5) is 5.69 Å². The number of aliphatic carboxylic acids is 3. The summed E-state index contributed by atoms with van der Waals surface area (Å²) in [5.74, 6) is -4.06. The van der Waals surface area contributed by atoms with Gasteiger partial charge in [0, 0.05) is 119 Å². The Hall–Kier alpha value is -4.30. The Labute approximate surface area is 419 Å². The Balaban J connectivity index is 1.78. The zero-order valence-corrected chi connectivity index (χ0v) is 43.3. The number of thiocarbonyl (C=S) groups is 1. The molecule has 3 unspecified atom stereocenters. The van der Waals surface area contributed by atoms with Gasteiger partial charge < -0.3 is 71.6 Å². The summed E-state index contributed by atoms with van der Waals surface area (Å²) in [6.45, 7) is 13.1. The number of aliphatic hydroxyl groups is 1. The van der Waals surface area contributed by atoms with E-state index in [1.54, 1.807) is 64.0 Å². The first-order valence-corrected chi connectivity index (χ1v) is 26.1. The van der Waals surface area contributed by atoms with E-state index in [1.807, 2.05) is 38.1 Å². The first kappa shape index (κ1) is 60.8. The third-order valence-electron chi connectivity index (χ3n) is 11.6. The molecule has 4 amide bonds. The molecule has 1 heterocycles. The number of carboxylic acids is 3. The highest BCUT2D eigenvalue weighted by atomic mass is 33.1. The Morgan fingerprint density at radius 1 is 0.725 bits per heavy atom. The second-order valence-electron chi connectivity index (χ2n) is 18.0. The highest BCUT2D eigenvalue weighted by Gasteiger charge is 2.41. The fourth-order valence-electron chi connectivity index (χ4n) is 7.60. The molecule has 69 heavy (non-hydrogen) atoms. The minimum atomic E-state index is -1.31. The van der Waals surface area contributed by atoms with E-state index in [-0.39, 0.29) is 70.6 Å². The fraction of sp³-hybridized carbons (Fsp3) is 0.689. The van der Waals surface area contributed by atoms with E-state index >= 15 is 0 Å². The van der Waals surface area contributed by atoms with Gasteiger partial charge in [-0.15, -0.1) is 0 Å². The number of benzene rings is 1. The summed E-state index contributed by atoms with van der Waals surface area (Å²) in [5.41, 5.74) is -0.276. The Bertz CT molecular complexity index is 1830. The van der Waals surface area contributed by atoms with Crippen LogP contribution in [0.5, 0.6) is 0 Å². The molecule has 0 saturated carbocycles. The van der Waals surface area contributed by atoms with Crippen molar-refractivity contribution >= 4 is 86.1 Å². The number of hydrogen-bond acceptors (Lipinski definition) is 18. The number of aliphatic hydroxyl groups excluding tert-OH is 1. The zero-order valence-electron chi connectivity index (χ0n) is 40.9. The maximum atomic E-state index is 13.0. The molecule has 0 spiro atoms. The van der Waals surface area contributed by atoms with E-state index in [0.717, 1.165) is 5.56 Å². The largest absolute Gasteiger partial charge is 0.549 e. The smallest absolute Gasteiger partial charge is 0.239 e. The van der Waals surface area contributed by atoms with Gasteiger partial charge in [-0.2, -0.15) is 0 Å². The summed E-state index contributed by atoms with van der Waals surface area (Å²) < 4.78 is 0. The molecule has 1 aliphatic heterocycles. The number of nitrogens with one attached hydrogen (secondary N) is 6. The lowest BCUT2D eigenvalue weighted by molar-refractivity contribution is -0.309. The predicted molar refractivity (Wildman–Crippen MR) is 265 cm³/mol. The molecule has 1 saturated heterocycles. The molecule has 1 aliphatic rings. The number of anilines is 1. The van der Waals surface area contributed by atoms with Gasteiger partial charge >= 0.3 is 0 Å². The SMILES string of the molecule is CCN1CCN(CC(=O)[O-])CCN(CC(=O)[O-])C(Cc2ccc(NC(=S)NCCSSCCNC(=O)CNC(=O)CNC(=O)C(C)(C)CC(C)(CC)C(=O)NCC(C)O)cc2)CN(CC(=O)[O-])CC1. The van der Waals surface area contributed by atoms with Crippen LogP contribution in [-0.4, -0.2) is 200 Å². The highest BCUT2D eigenvalue weighted by Crippen LogP contribution is 2.37. The minimum absolute atomic E-state index is 0.103. The van der Waals surface area contributed by atoms with Crippen molar-refractivity contribution in [3.8, 4) is 0 Å². The van der Waals surface area contributed by atoms with Crippen LogP contribution in [-0.2, 0) is 40.0 Å². The average Bonchev–Trinajstić information content (AvgIpc) is 3.27. The highest BCUT2D eigenvalue weighted by molar-refractivity contribution is 8.76. The van der Waals surface area contributed by atoms with Crippen molar-refractivity contribution in [1.82, 2.24) is 46.2 Å². The van der Waals surface area contributed by atoms with Gasteiger partial charge in [-0.1, -0.05) is 68.3 Å². The molecule has 0 bridgehead atoms. The first-order valence-electron chi connectivity index (χ1n) is 23.2. The molecule has 0 radical (unpaired) electrons. The minimum Gasteiger partial charge on any atom is -0.549 e. The Morgan fingerprint density at radius 3 is 1.84 bits per heavy atom. The number of rotatable bonds is 28. The van der Waals surface area contributed by atoms with Gasteiger partial charge in [0.2, 0.25) is 23.6 Å². The predicted octanol–water partition coefficient (Wildman–Crippen LogP) is -3.57. The summed E-state index contributed by atoms with van der Waals surface area (Å²) in [6, 6.07) is 6.96. The number of carbonyl (C=O) groups excluding carboxylic acids is 7. The van der Waals surface area contributed by atoms with Gasteiger partial charge in [0.25, 0.3) is 0 Å². The molecule has 3 atom stereocenters. The summed E-state index contributed by atoms with van der Waals surface area (Å²) >= 11 is 5.48. The lowest BCUT2D eigenvalue weighted by Gasteiger charge is -2.39. The summed E-state index contributed by atoms with van der Waals surface area (Å²) in [7, 11) is 3.14. The van der Waals surface area contributed by atoms with Crippen LogP contribution in [0, 0.1) is 10.8 Å². The number of nitrogens with zero attached hydrogens (tertiary/aromatic N) is 4. The van der Waals surface area contributed by atoms with E-state index in [0.29, 0.717) is 81.0 Å². The molecule has 2 rings (SSSR count). The van der Waals surface area contributed by atoms with Gasteiger partial charge in [0.15, 0.2) is 5.11 Å². The fourth-order valence-corrected chi connectivity index (χ4v) is 9.64. The monoisotopic (exact) mass is 1030 g/mol. The van der Waals surface area contributed by atoms with E-state index in [1.165, 1.54) is 0 Å². The molecule has 1 fully saturated rings. The second kappa shape index (κ2) is 31.8. The standard InChI is InChI=1S/C45H76N10O11S3/c1-7-45(6,42(66)49-24-32(3)56)31-44(4,5)41(65)50-26-37(58)48-25-36(57)46-13-21-68-69-22-14-47-43(67)51-34-11-9-33(10-12-34)23-35-27-54(29-39(61)62)18-16-52(8-2)15-17-53(28-38(59)60)19-20-55(35)30-40(63)64/h9-12,32,35,56H,7-8,13-31H2,1-6H3,(H,46,57)(H,48,58)(H,49,66)(H,50,65)(H,59,60)(H,61,62)(H,63,64)(H2,47,51,67)/p-3. The molecular weight excluding hydrogens is 953 g/mol. The molecule has 0 aromatic heterocycles. The zero-order chi connectivity index (χ0) is 51.6. The lowest BCUT2D eigenvalue weighted by atomic mass is 9.71. The average molecular weight is 1030 g/mol. The van der Waals surface area contributed by atoms with E-state index in [9.17, 15) is 54.0 Å². The third kappa shape index (κ3) is 25.4. The van der Waals surface area contributed by atoms with Crippen LogP contribution in [0.1, 0.15) is 59.9 Å². The van der Waals surface area contributed by atoms with Crippen LogP contribution in [0.15, 0.2) is 24.3 Å². The lowest BCUT2D eigenvalue weighted by Crippen LogP contribution is -2.55. The van der Waals surface area contributed by atoms with Crippen LogP contribution in [0.3, 0.4) is 0 Å². The third-order valence-corrected chi connectivity index (χ3v) is 14.2. The van der Waals surface area contributed by atoms with Crippen molar-refractivity contribution in [2.75, 3.05) is 122 Å². The van der Waals surface area contributed by atoms with Gasteiger partial charge in [-0.3, -0.25) is 33.9 Å². The van der Waals surface area contributed by atoms with Crippen molar-refractivity contribution in [1.29, 1.82) is 0 Å². The maximum Gasteiger partial charge on any atom is 0.239 e. The van der Waals surface area contributed by atoms with E-state index in [4.69, 9.17) is 12.2 Å². The molecule has 21 nitrogen and oxygen atoms in total. The number of likely N-dealkylation sites (N-methyl/N-ethyl adjacent to an activating group) is 1. The topological polar surface area (TPSA) is 294 Å². The molecule has 24 heteroatoms. The maximum absolute atomic E-state index is 13.0. The van der Waals surface area contributed by atoms with Crippen LogP contribution < -0.4 is 47.2 Å². The summed E-state index contributed by atoms with van der Waals surface area (Å²) in [4.78, 5) is 92.9. The summed E-state index contributed by atoms with van der Waals surface area (Å²) in [5, 5.41) is 62.0. The Morgan fingerprint density at radius 2 is 1.26 bits per heavy atom. The first-order chi connectivity index (χ1) is 32.5. The molecule has 390 valence electrons. The van der Waals surface area contributed by atoms with Gasteiger partial charge in [-0.05, 0) is 62.6 Å². The normalized spacial score (nSPS) is 17.2. The van der Waals surface area contributed by atoms with Crippen molar-refractivity contribution in [2.45, 2.75) is 73.0 Å². The molecule has 1 aromatic carbocycles. The van der Waals surface area contributed by atoms with Crippen molar-refractivity contribution in [2.24, 2.45) is 10.8 Å². The Kier molecular flexibility index (Phi) is 28.1. The summed E-state index contributed by atoms with van der Waals surface area (Å²) in [6.07, 6.45) is 0.345. The quantitative estimate of drug-likeness (QED) is 0.0243. The molecule has 7 N–H and O–H groups in total. The molecule has 0 aliphatic carbocycles. The van der Waals surface area contributed by atoms with Gasteiger partial charge in [0.05, 0.1) is 37.1 Å². The van der Waals surface area contributed by atoms with Gasteiger partial charge in [0.1, 0.15) is 0 Å². The van der Waals surface area contributed by atoms with Crippen LogP contribution >= 0.6 is 33.8 Å². The molecular formula is C45H73N10O11S3-3. The van der Waals surface area contributed by atoms with E-state index in [2.05, 4.69) is 36.8 Å². The van der Waals surface area contributed by atoms with Crippen LogP contribution in [0.25, 0.3) is 0 Å². The number of carboxylic acid groups (broad SMARTS) is 3. The molecule has 1 aromatic rings. The number of hydrogen-bond donors (Lipinski definition) is 7. The van der Waals surface area contributed by atoms with E-state index < -0.39 is 59.2 Å². The van der Waals surface area contributed by atoms with Crippen LogP contribution in [0.2, 0.25) is 0 Å². The second-order valence-corrected chi connectivity index (χ2v) is 21.1.